The average molecular weight is 186 g/mol. The van der Waals surface area contributed by atoms with Crippen LogP contribution in [0.4, 0.5) is 0 Å². The van der Waals surface area contributed by atoms with E-state index in [1.807, 2.05) is 6.92 Å². The van der Waals surface area contributed by atoms with Gasteiger partial charge in [0.1, 0.15) is 12.2 Å². The van der Waals surface area contributed by atoms with Gasteiger partial charge < -0.3 is 19.3 Å². The molecule has 0 aromatic rings. The first kappa shape index (κ1) is 8.17. The van der Waals surface area contributed by atoms with E-state index < -0.39 is 6.29 Å². The molecule has 0 aromatic carbocycles. The van der Waals surface area contributed by atoms with Crippen LogP contribution in [-0.4, -0.2) is 36.0 Å². The molecule has 0 saturated carbocycles. The van der Waals surface area contributed by atoms with E-state index in [1.54, 1.807) is 0 Å². The second kappa shape index (κ2) is 2.45. The number of ether oxygens (including phenoxy) is 3. The fourth-order valence-electron chi connectivity index (χ4n) is 2.73. The molecule has 4 heteroatoms. The lowest BCUT2D eigenvalue weighted by Gasteiger charge is -2.42. The van der Waals surface area contributed by atoms with Gasteiger partial charge in [0, 0.05) is 11.8 Å². The summed E-state index contributed by atoms with van der Waals surface area (Å²) in [5, 5.41) is 9.55. The van der Waals surface area contributed by atoms with Gasteiger partial charge in [0.25, 0.3) is 0 Å². The highest BCUT2D eigenvalue weighted by molar-refractivity contribution is 4.99. The molecule has 7 atom stereocenters. The lowest BCUT2D eigenvalue weighted by Crippen LogP contribution is -2.55. The molecule has 0 spiro atoms. The Morgan fingerprint density at radius 1 is 0.846 bits per heavy atom. The number of rotatable bonds is 0. The van der Waals surface area contributed by atoms with Crippen LogP contribution in [0.3, 0.4) is 0 Å². The number of aliphatic hydroxyl groups is 1. The largest absolute Gasteiger partial charge is 0.366 e. The molecule has 4 nitrogen and oxygen atoms in total. The summed E-state index contributed by atoms with van der Waals surface area (Å²) in [4.78, 5) is 0. The van der Waals surface area contributed by atoms with E-state index in [1.165, 1.54) is 0 Å². The number of fused-ring (bicyclic) bond motifs is 2. The van der Waals surface area contributed by atoms with E-state index >= 15 is 0 Å². The summed E-state index contributed by atoms with van der Waals surface area (Å²) in [6.07, 6.45) is -1.16. The smallest absolute Gasteiger partial charge is 0.187 e. The first-order valence-electron chi connectivity index (χ1n) is 4.83. The van der Waals surface area contributed by atoms with Crippen molar-refractivity contribution < 1.29 is 19.3 Å². The highest BCUT2D eigenvalue weighted by atomic mass is 16.8. The molecule has 3 heterocycles. The standard InChI is InChI=1S/C9H14O4/c1-3-5-4(2)7-9(12-5)13-8(10)6(3)11-7/h3-10H,1-2H3/t3-,4+,5+,6?,7-,8-,9-/m1/s1. The van der Waals surface area contributed by atoms with Crippen LogP contribution < -0.4 is 0 Å². The van der Waals surface area contributed by atoms with Crippen LogP contribution in [0.5, 0.6) is 0 Å². The first-order valence-corrected chi connectivity index (χ1v) is 4.83. The van der Waals surface area contributed by atoms with Crippen LogP contribution in [0.15, 0.2) is 0 Å². The topological polar surface area (TPSA) is 47.9 Å². The molecule has 13 heavy (non-hydrogen) atoms. The van der Waals surface area contributed by atoms with Gasteiger partial charge in [-0.05, 0) is 0 Å². The fraction of sp³-hybridized carbons (Fsp3) is 1.00. The average Bonchev–Trinajstić information content (AvgIpc) is 2.25. The summed E-state index contributed by atoms with van der Waals surface area (Å²) >= 11 is 0. The minimum Gasteiger partial charge on any atom is -0.366 e. The van der Waals surface area contributed by atoms with Crippen molar-refractivity contribution in [1.29, 1.82) is 0 Å². The maximum absolute atomic E-state index is 9.55. The van der Waals surface area contributed by atoms with Crippen LogP contribution in [0.25, 0.3) is 0 Å². The summed E-state index contributed by atoms with van der Waals surface area (Å²) in [5.41, 5.74) is 0. The van der Waals surface area contributed by atoms with Gasteiger partial charge in [-0.1, -0.05) is 13.8 Å². The van der Waals surface area contributed by atoms with E-state index in [9.17, 15) is 5.11 Å². The van der Waals surface area contributed by atoms with Crippen molar-refractivity contribution in [2.75, 3.05) is 0 Å². The molecule has 0 amide bonds. The van der Waals surface area contributed by atoms with Crippen LogP contribution in [0.2, 0.25) is 0 Å². The molecule has 0 aliphatic carbocycles. The van der Waals surface area contributed by atoms with Gasteiger partial charge in [-0.3, -0.25) is 0 Å². The molecular weight excluding hydrogens is 172 g/mol. The van der Waals surface area contributed by atoms with Gasteiger partial charge >= 0.3 is 0 Å². The molecule has 0 aromatic heterocycles. The molecule has 1 N–H and O–H groups in total. The van der Waals surface area contributed by atoms with Crippen molar-refractivity contribution in [2.24, 2.45) is 11.8 Å². The lowest BCUT2D eigenvalue weighted by molar-refractivity contribution is -0.318. The molecule has 0 radical (unpaired) electrons. The molecule has 3 fully saturated rings. The van der Waals surface area contributed by atoms with Crippen molar-refractivity contribution in [1.82, 2.24) is 0 Å². The Kier molecular flexibility index (Phi) is 1.54. The first-order chi connectivity index (χ1) is 6.18. The quantitative estimate of drug-likeness (QED) is 0.583. The van der Waals surface area contributed by atoms with Crippen molar-refractivity contribution in [2.45, 2.75) is 44.7 Å². The van der Waals surface area contributed by atoms with E-state index in [4.69, 9.17) is 14.2 Å². The van der Waals surface area contributed by atoms with Crippen molar-refractivity contribution >= 4 is 0 Å². The van der Waals surface area contributed by atoms with Crippen LogP contribution in [0.1, 0.15) is 13.8 Å². The molecule has 3 bridgehead atoms. The third kappa shape index (κ3) is 0.892. The summed E-state index contributed by atoms with van der Waals surface area (Å²) in [7, 11) is 0. The Bertz CT molecular complexity index is 230. The Hall–Kier alpha value is -0.160. The predicted molar refractivity (Wildman–Crippen MR) is 42.7 cm³/mol. The van der Waals surface area contributed by atoms with Crippen molar-refractivity contribution in [3.8, 4) is 0 Å². The zero-order valence-corrected chi connectivity index (χ0v) is 7.71. The minimum absolute atomic E-state index is 0.0228. The summed E-state index contributed by atoms with van der Waals surface area (Å²) in [6, 6.07) is 0. The zero-order chi connectivity index (χ0) is 9.16. The van der Waals surface area contributed by atoms with Crippen molar-refractivity contribution in [3.63, 3.8) is 0 Å². The highest BCUT2D eigenvalue weighted by Crippen LogP contribution is 2.46. The molecular formula is C9H14O4. The number of hydrogen-bond donors (Lipinski definition) is 1. The highest BCUT2D eigenvalue weighted by Gasteiger charge is 2.58. The fourth-order valence-corrected chi connectivity index (χ4v) is 2.73. The van der Waals surface area contributed by atoms with Crippen LogP contribution in [-0.2, 0) is 14.2 Å². The van der Waals surface area contributed by atoms with Gasteiger partial charge in [0.05, 0.1) is 6.10 Å². The summed E-state index contributed by atoms with van der Waals surface area (Å²) < 4.78 is 16.7. The number of aliphatic hydroxyl groups excluding tert-OH is 1. The molecule has 74 valence electrons. The molecule has 3 aliphatic heterocycles. The molecule has 1 unspecified atom stereocenters. The Labute approximate surface area is 76.8 Å². The monoisotopic (exact) mass is 186 g/mol. The Morgan fingerprint density at radius 2 is 1.54 bits per heavy atom. The van der Waals surface area contributed by atoms with Gasteiger partial charge in [-0.25, -0.2) is 0 Å². The summed E-state index contributed by atoms with van der Waals surface area (Å²) in [5.74, 6) is 0.595. The third-order valence-corrected chi connectivity index (χ3v) is 3.50. The molecule has 3 aliphatic rings. The lowest BCUT2D eigenvalue weighted by atomic mass is 9.83. The summed E-state index contributed by atoms with van der Waals surface area (Å²) in [6.45, 7) is 4.16. The Morgan fingerprint density at radius 3 is 2.31 bits per heavy atom. The van der Waals surface area contributed by atoms with Crippen LogP contribution in [0, 0.1) is 11.8 Å². The Balaban J connectivity index is 1.97. The number of hydrogen-bond acceptors (Lipinski definition) is 4. The normalized spacial score (nSPS) is 64.4. The van der Waals surface area contributed by atoms with Crippen LogP contribution >= 0.6 is 0 Å². The zero-order valence-electron chi connectivity index (χ0n) is 7.71. The SMILES string of the molecule is C[C@H]1[C@H]2O[C@@H]3O[C@@H](O)C(O[C@@H]31)[C@@H]2C. The van der Waals surface area contributed by atoms with Gasteiger partial charge in [0.2, 0.25) is 0 Å². The molecule has 3 saturated heterocycles. The maximum atomic E-state index is 9.55. The predicted octanol–water partition coefficient (Wildman–Crippen LogP) is 0.0995. The second-order valence-corrected chi connectivity index (χ2v) is 4.28. The van der Waals surface area contributed by atoms with Gasteiger partial charge in [-0.2, -0.15) is 0 Å². The second-order valence-electron chi connectivity index (χ2n) is 4.28. The van der Waals surface area contributed by atoms with E-state index in [2.05, 4.69) is 6.92 Å². The third-order valence-electron chi connectivity index (χ3n) is 3.50. The van der Waals surface area contributed by atoms with E-state index in [-0.39, 0.29) is 30.5 Å². The van der Waals surface area contributed by atoms with Gasteiger partial charge in [-0.15, -0.1) is 0 Å². The minimum atomic E-state index is -0.811. The van der Waals surface area contributed by atoms with E-state index in [0.717, 1.165) is 0 Å². The van der Waals surface area contributed by atoms with E-state index in [0.29, 0.717) is 5.92 Å². The molecule has 3 rings (SSSR count). The van der Waals surface area contributed by atoms with Gasteiger partial charge in [0.15, 0.2) is 12.6 Å². The van der Waals surface area contributed by atoms with Crippen molar-refractivity contribution in [3.05, 3.63) is 0 Å². The maximum Gasteiger partial charge on any atom is 0.187 e.